The zero-order chi connectivity index (χ0) is 9.42. The van der Waals surface area contributed by atoms with Crippen molar-refractivity contribution >= 4 is 17.4 Å². The fourth-order valence-corrected chi connectivity index (χ4v) is 2.02. The standard InChI is InChI=1S/C11H11ClO/c1-7-10-6-9(12)4-2-8(10)3-5-11(7)13/h2,4,6-7H,3,5H2,1H3. The molecule has 1 atom stereocenters. The molecule has 0 amide bonds. The molecule has 0 aliphatic heterocycles. The van der Waals surface area contributed by atoms with Crippen LogP contribution in [0.2, 0.25) is 5.02 Å². The molecule has 1 aliphatic rings. The number of aryl methyl sites for hydroxylation is 1. The van der Waals surface area contributed by atoms with E-state index in [1.165, 1.54) is 5.56 Å². The predicted molar refractivity (Wildman–Crippen MR) is 53.2 cm³/mol. The maximum absolute atomic E-state index is 11.4. The first-order valence-corrected chi connectivity index (χ1v) is 4.87. The van der Waals surface area contributed by atoms with Crippen LogP contribution in [0, 0.1) is 0 Å². The Hall–Kier alpha value is -0.820. The van der Waals surface area contributed by atoms with Crippen LogP contribution in [0.5, 0.6) is 0 Å². The highest BCUT2D eigenvalue weighted by molar-refractivity contribution is 6.30. The van der Waals surface area contributed by atoms with Gasteiger partial charge in [0, 0.05) is 17.4 Å². The molecule has 0 radical (unpaired) electrons. The number of Topliss-reactive ketones (excluding diaryl/α,β-unsaturated/α-hetero) is 1. The second kappa shape index (κ2) is 3.15. The zero-order valence-electron chi connectivity index (χ0n) is 7.51. The average molecular weight is 195 g/mol. The summed E-state index contributed by atoms with van der Waals surface area (Å²) >= 11 is 5.88. The molecule has 2 heteroatoms. The van der Waals surface area contributed by atoms with Crippen LogP contribution in [0.3, 0.4) is 0 Å². The summed E-state index contributed by atoms with van der Waals surface area (Å²) in [6.07, 6.45) is 1.55. The predicted octanol–water partition coefficient (Wildman–Crippen LogP) is 2.96. The molecule has 2 rings (SSSR count). The minimum Gasteiger partial charge on any atom is -0.299 e. The highest BCUT2D eigenvalue weighted by atomic mass is 35.5. The molecule has 0 aromatic heterocycles. The Morgan fingerprint density at radius 3 is 2.92 bits per heavy atom. The summed E-state index contributed by atoms with van der Waals surface area (Å²) in [5.74, 6) is 0.359. The van der Waals surface area contributed by atoms with Crippen molar-refractivity contribution in [3.63, 3.8) is 0 Å². The second-order valence-corrected chi connectivity index (χ2v) is 3.97. The minimum absolute atomic E-state index is 0.0300. The lowest BCUT2D eigenvalue weighted by Crippen LogP contribution is -2.17. The van der Waals surface area contributed by atoms with Crippen molar-refractivity contribution in [3.8, 4) is 0 Å². The van der Waals surface area contributed by atoms with Crippen molar-refractivity contribution in [1.29, 1.82) is 0 Å². The normalized spacial score (nSPS) is 21.4. The van der Waals surface area contributed by atoms with Gasteiger partial charge in [0.25, 0.3) is 0 Å². The van der Waals surface area contributed by atoms with Crippen LogP contribution in [0.15, 0.2) is 18.2 Å². The summed E-state index contributed by atoms with van der Waals surface area (Å²) < 4.78 is 0. The topological polar surface area (TPSA) is 17.1 Å². The lowest BCUT2D eigenvalue weighted by molar-refractivity contribution is -0.120. The van der Waals surface area contributed by atoms with Crippen molar-refractivity contribution in [2.24, 2.45) is 0 Å². The van der Waals surface area contributed by atoms with Crippen molar-refractivity contribution in [2.75, 3.05) is 0 Å². The van der Waals surface area contributed by atoms with Crippen LogP contribution in [0.4, 0.5) is 0 Å². The van der Waals surface area contributed by atoms with Gasteiger partial charge in [-0.15, -0.1) is 0 Å². The van der Waals surface area contributed by atoms with Gasteiger partial charge >= 0.3 is 0 Å². The maximum Gasteiger partial charge on any atom is 0.140 e. The molecule has 0 N–H and O–H groups in total. The molecule has 0 heterocycles. The smallest absolute Gasteiger partial charge is 0.140 e. The van der Waals surface area contributed by atoms with E-state index in [-0.39, 0.29) is 5.92 Å². The van der Waals surface area contributed by atoms with Crippen molar-refractivity contribution in [2.45, 2.75) is 25.7 Å². The van der Waals surface area contributed by atoms with E-state index in [1.807, 2.05) is 25.1 Å². The van der Waals surface area contributed by atoms with Crippen molar-refractivity contribution in [1.82, 2.24) is 0 Å². The molecule has 1 aromatic rings. The van der Waals surface area contributed by atoms with Crippen molar-refractivity contribution in [3.05, 3.63) is 34.3 Å². The molecule has 68 valence electrons. The van der Waals surface area contributed by atoms with Gasteiger partial charge < -0.3 is 0 Å². The van der Waals surface area contributed by atoms with Crippen LogP contribution in [0.25, 0.3) is 0 Å². The third-order valence-electron chi connectivity index (χ3n) is 2.70. The van der Waals surface area contributed by atoms with Crippen LogP contribution in [0.1, 0.15) is 30.4 Å². The first-order valence-electron chi connectivity index (χ1n) is 4.49. The Labute approximate surface area is 82.7 Å². The van der Waals surface area contributed by atoms with Gasteiger partial charge in [-0.3, -0.25) is 4.79 Å². The molecule has 13 heavy (non-hydrogen) atoms. The van der Waals surface area contributed by atoms with Gasteiger partial charge in [0.2, 0.25) is 0 Å². The number of hydrogen-bond donors (Lipinski definition) is 0. The van der Waals surface area contributed by atoms with E-state index in [9.17, 15) is 4.79 Å². The Morgan fingerprint density at radius 2 is 2.15 bits per heavy atom. The van der Waals surface area contributed by atoms with E-state index in [2.05, 4.69) is 0 Å². The Balaban J connectivity index is 2.51. The number of rotatable bonds is 0. The molecule has 0 spiro atoms. The van der Waals surface area contributed by atoms with E-state index in [4.69, 9.17) is 11.6 Å². The molecule has 1 nitrogen and oxygen atoms in total. The number of benzene rings is 1. The van der Waals surface area contributed by atoms with Gasteiger partial charge in [0.15, 0.2) is 0 Å². The largest absolute Gasteiger partial charge is 0.299 e. The molecule has 1 aromatic carbocycles. The number of carbonyl (C=O) groups is 1. The first kappa shape index (κ1) is 8.76. The molecule has 1 unspecified atom stereocenters. The van der Waals surface area contributed by atoms with Gasteiger partial charge in [0.1, 0.15) is 5.78 Å². The molecule has 0 bridgehead atoms. The highest BCUT2D eigenvalue weighted by Crippen LogP contribution is 2.30. The quantitative estimate of drug-likeness (QED) is 0.621. The van der Waals surface area contributed by atoms with E-state index >= 15 is 0 Å². The minimum atomic E-state index is 0.0300. The Kier molecular flexibility index (Phi) is 2.12. The Bertz CT molecular complexity index is 357. The van der Waals surface area contributed by atoms with Gasteiger partial charge in [-0.05, 0) is 29.7 Å². The lowest BCUT2D eigenvalue weighted by atomic mass is 9.83. The van der Waals surface area contributed by atoms with E-state index in [1.54, 1.807) is 0 Å². The summed E-state index contributed by atoms with van der Waals surface area (Å²) in [5.41, 5.74) is 2.39. The fourth-order valence-electron chi connectivity index (χ4n) is 1.84. The summed E-state index contributed by atoms with van der Waals surface area (Å²) in [6.45, 7) is 1.96. The fraction of sp³-hybridized carbons (Fsp3) is 0.364. The van der Waals surface area contributed by atoms with Crippen LogP contribution in [-0.2, 0) is 11.2 Å². The molecule has 0 fully saturated rings. The van der Waals surface area contributed by atoms with Gasteiger partial charge in [-0.2, -0.15) is 0 Å². The summed E-state index contributed by atoms with van der Waals surface area (Å²) in [6, 6.07) is 5.84. The first-order chi connectivity index (χ1) is 6.18. The number of ketones is 1. The SMILES string of the molecule is CC1C(=O)CCc2ccc(Cl)cc21. The van der Waals surface area contributed by atoms with Crippen LogP contribution < -0.4 is 0 Å². The second-order valence-electron chi connectivity index (χ2n) is 3.53. The van der Waals surface area contributed by atoms with Gasteiger partial charge in [0.05, 0.1) is 0 Å². The molecule has 1 aliphatic carbocycles. The van der Waals surface area contributed by atoms with Gasteiger partial charge in [-0.25, -0.2) is 0 Å². The summed E-state index contributed by atoms with van der Waals surface area (Å²) in [7, 11) is 0. The third kappa shape index (κ3) is 1.49. The number of carbonyl (C=O) groups excluding carboxylic acids is 1. The van der Waals surface area contributed by atoms with E-state index < -0.39 is 0 Å². The third-order valence-corrected chi connectivity index (χ3v) is 2.93. The highest BCUT2D eigenvalue weighted by Gasteiger charge is 2.23. The Morgan fingerprint density at radius 1 is 1.38 bits per heavy atom. The monoisotopic (exact) mass is 194 g/mol. The van der Waals surface area contributed by atoms with Crippen molar-refractivity contribution < 1.29 is 4.79 Å². The van der Waals surface area contributed by atoms with Crippen LogP contribution in [-0.4, -0.2) is 5.78 Å². The zero-order valence-corrected chi connectivity index (χ0v) is 8.27. The van der Waals surface area contributed by atoms with E-state index in [0.717, 1.165) is 17.0 Å². The van der Waals surface area contributed by atoms with E-state index in [0.29, 0.717) is 12.2 Å². The molecular weight excluding hydrogens is 184 g/mol. The number of halogens is 1. The van der Waals surface area contributed by atoms with Gasteiger partial charge in [-0.1, -0.05) is 24.6 Å². The maximum atomic E-state index is 11.4. The summed E-state index contributed by atoms with van der Waals surface area (Å²) in [5, 5.41) is 0.723. The average Bonchev–Trinajstić information content (AvgIpc) is 2.12. The molecule has 0 saturated carbocycles. The van der Waals surface area contributed by atoms with Crippen LogP contribution >= 0.6 is 11.6 Å². The number of hydrogen-bond acceptors (Lipinski definition) is 1. The molecule has 0 saturated heterocycles. The lowest BCUT2D eigenvalue weighted by Gasteiger charge is -2.21. The molecular formula is C11H11ClO. The summed E-state index contributed by atoms with van der Waals surface area (Å²) in [4.78, 5) is 11.4. The number of fused-ring (bicyclic) bond motifs is 1.